The van der Waals surface area contributed by atoms with Crippen LogP contribution < -0.4 is 4.72 Å². The summed E-state index contributed by atoms with van der Waals surface area (Å²) in [4.78, 5) is 0.858. The van der Waals surface area contributed by atoms with Crippen LogP contribution in [0.25, 0.3) is 0 Å². The second-order valence-corrected chi connectivity index (χ2v) is 8.64. The van der Waals surface area contributed by atoms with Crippen molar-refractivity contribution in [1.82, 2.24) is 4.72 Å². The van der Waals surface area contributed by atoms with E-state index in [1.165, 1.54) is 23.5 Å². The average Bonchev–Trinajstić information content (AvgIpc) is 2.83. The molecule has 0 unspecified atom stereocenters. The molecule has 2 N–H and O–H groups in total. The summed E-state index contributed by atoms with van der Waals surface area (Å²) in [6.45, 7) is -0.0458. The van der Waals surface area contributed by atoms with E-state index in [-0.39, 0.29) is 23.1 Å². The Kier molecular flexibility index (Phi) is 5.22. The van der Waals surface area contributed by atoms with Crippen molar-refractivity contribution in [2.24, 2.45) is 0 Å². The zero-order valence-corrected chi connectivity index (χ0v) is 14.1. The fraction of sp³-hybridized carbons (Fsp3) is 0.167. The van der Waals surface area contributed by atoms with Gasteiger partial charge in [-0.15, -0.1) is 11.3 Å². The predicted molar refractivity (Wildman–Crippen MR) is 83.4 cm³/mol. The molecule has 0 aliphatic rings. The Bertz CT molecular complexity index is 715. The number of sulfonamides is 1. The highest BCUT2D eigenvalue weighted by atomic mass is 79.9. The minimum atomic E-state index is -3.71. The summed E-state index contributed by atoms with van der Waals surface area (Å²) in [7, 11) is -3.71. The second-order valence-electron chi connectivity index (χ2n) is 3.95. The molecule has 2 rings (SSSR count). The van der Waals surface area contributed by atoms with Gasteiger partial charge in [0.15, 0.2) is 0 Å². The van der Waals surface area contributed by atoms with Gasteiger partial charge in [-0.2, -0.15) is 0 Å². The first-order valence-corrected chi connectivity index (χ1v) is 9.02. The lowest BCUT2D eigenvalue weighted by molar-refractivity contribution is 0.281. The SMILES string of the molecule is O=S(=O)(NCc1ccc(Br)s1)c1cc(CO)ccc1Cl. The van der Waals surface area contributed by atoms with Crippen LogP contribution in [-0.4, -0.2) is 13.5 Å². The van der Waals surface area contributed by atoms with Crippen molar-refractivity contribution in [3.8, 4) is 0 Å². The topological polar surface area (TPSA) is 66.4 Å². The van der Waals surface area contributed by atoms with E-state index in [1.54, 1.807) is 6.07 Å². The zero-order valence-electron chi connectivity index (χ0n) is 10.1. The Labute approximate surface area is 134 Å². The highest BCUT2D eigenvalue weighted by Gasteiger charge is 2.18. The number of aliphatic hydroxyl groups is 1. The number of rotatable bonds is 5. The quantitative estimate of drug-likeness (QED) is 0.816. The third kappa shape index (κ3) is 3.81. The fourth-order valence-electron chi connectivity index (χ4n) is 1.54. The van der Waals surface area contributed by atoms with Crippen LogP contribution in [0.5, 0.6) is 0 Å². The van der Waals surface area contributed by atoms with E-state index in [0.717, 1.165) is 8.66 Å². The van der Waals surface area contributed by atoms with E-state index in [1.807, 2.05) is 12.1 Å². The van der Waals surface area contributed by atoms with E-state index in [0.29, 0.717) is 5.56 Å². The summed E-state index contributed by atoms with van der Waals surface area (Å²) in [5.74, 6) is 0. The molecular weight excluding hydrogens is 386 g/mol. The molecule has 2 aromatic rings. The van der Waals surface area contributed by atoms with Gasteiger partial charge < -0.3 is 5.11 Å². The van der Waals surface area contributed by atoms with Crippen molar-refractivity contribution in [2.45, 2.75) is 18.0 Å². The van der Waals surface area contributed by atoms with Crippen LogP contribution in [-0.2, 0) is 23.2 Å². The molecule has 0 aliphatic carbocycles. The van der Waals surface area contributed by atoms with Gasteiger partial charge in [-0.05, 0) is 45.8 Å². The van der Waals surface area contributed by atoms with Gasteiger partial charge in [0.2, 0.25) is 10.0 Å². The lowest BCUT2D eigenvalue weighted by Crippen LogP contribution is -2.23. The molecule has 0 atom stereocenters. The van der Waals surface area contributed by atoms with Crippen molar-refractivity contribution in [2.75, 3.05) is 0 Å². The molecule has 0 bridgehead atoms. The maximum atomic E-state index is 12.2. The third-order valence-corrected chi connectivity index (χ3v) is 6.04. The Morgan fingerprint density at radius 3 is 2.65 bits per heavy atom. The van der Waals surface area contributed by atoms with E-state index in [9.17, 15) is 8.42 Å². The van der Waals surface area contributed by atoms with E-state index < -0.39 is 10.0 Å². The molecule has 1 aromatic heterocycles. The Hall–Kier alpha value is -0.440. The summed E-state index contributed by atoms with van der Waals surface area (Å²) in [5.41, 5.74) is 0.494. The zero-order chi connectivity index (χ0) is 14.8. The molecule has 8 heteroatoms. The van der Waals surface area contributed by atoms with Gasteiger partial charge in [-0.25, -0.2) is 13.1 Å². The molecule has 20 heavy (non-hydrogen) atoms. The number of hydrogen-bond acceptors (Lipinski definition) is 4. The molecule has 1 aromatic carbocycles. The molecule has 0 spiro atoms. The summed E-state index contributed by atoms with van der Waals surface area (Å²) < 4.78 is 27.9. The molecule has 0 saturated carbocycles. The van der Waals surface area contributed by atoms with Crippen molar-refractivity contribution < 1.29 is 13.5 Å². The number of hydrogen-bond donors (Lipinski definition) is 2. The lowest BCUT2D eigenvalue weighted by Gasteiger charge is -2.09. The first-order valence-electron chi connectivity index (χ1n) is 5.55. The van der Waals surface area contributed by atoms with Gasteiger partial charge in [0.05, 0.1) is 15.4 Å². The van der Waals surface area contributed by atoms with Crippen LogP contribution in [0.3, 0.4) is 0 Å². The van der Waals surface area contributed by atoms with Gasteiger partial charge in [0, 0.05) is 11.4 Å². The molecule has 0 radical (unpaired) electrons. The second kappa shape index (κ2) is 6.55. The number of aliphatic hydroxyl groups excluding tert-OH is 1. The maximum Gasteiger partial charge on any atom is 0.242 e. The smallest absolute Gasteiger partial charge is 0.242 e. The molecule has 0 saturated heterocycles. The van der Waals surface area contributed by atoms with Crippen molar-refractivity contribution in [1.29, 1.82) is 0 Å². The Morgan fingerprint density at radius 1 is 1.30 bits per heavy atom. The van der Waals surface area contributed by atoms with Gasteiger partial charge in [-0.3, -0.25) is 0 Å². The van der Waals surface area contributed by atoms with Gasteiger partial charge in [-0.1, -0.05) is 17.7 Å². The number of thiophene rings is 1. The van der Waals surface area contributed by atoms with E-state index >= 15 is 0 Å². The highest BCUT2D eigenvalue weighted by molar-refractivity contribution is 9.11. The minimum Gasteiger partial charge on any atom is -0.392 e. The van der Waals surface area contributed by atoms with Crippen molar-refractivity contribution >= 4 is 48.9 Å². The van der Waals surface area contributed by atoms with Crippen LogP contribution in [0, 0.1) is 0 Å². The van der Waals surface area contributed by atoms with Gasteiger partial charge >= 0.3 is 0 Å². The molecule has 0 aliphatic heterocycles. The summed E-state index contributed by atoms with van der Waals surface area (Å²) in [6.07, 6.45) is 0. The number of benzene rings is 1. The van der Waals surface area contributed by atoms with Crippen LogP contribution >= 0.6 is 38.9 Å². The Balaban J connectivity index is 2.21. The maximum absolute atomic E-state index is 12.2. The molecule has 108 valence electrons. The average molecular weight is 397 g/mol. The van der Waals surface area contributed by atoms with Crippen LogP contribution in [0.15, 0.2) is 39.0 Å². The molecule has 0 fully saturated rings. The van der Waals surface area contributed by atoms with Gasteiger partial charge in [0.1, 0.15) is 4.90 Å². The first-order chi connectivity index (χ1) is 9.42. The van der Waals surface area contributed by atoms with E-state index in [2.05, 4.69) is 20.7 Å². The number of nitrogens with one attached hydrogen (secondary N) is 1. The molecular formula is C12H11BrClNO3S2. The molecule has 0 amide bonds. The summed E-state index contributed by atoms with van der Waals surface area (Å²) >= 11 is 10.7. The summed E-state index contributed by atoms with van der Waals surface area (Å²) in [6, 6.07) is 8.10. The minimum absolute atomic E-state index is 0.0265. The standard InChI is InChI=1S/C12H11BrClNO3S2/c13-12-4-2-9(19-12)6-15-20(17,18)11-5-8(7-16)1-3-10(11)14/h1-5,15-16H,6-7H2. The monoisotopic (exact) mass is 395 g/mol. The summed E-state index contributed by atoms with van der Waals surface area (Å²) in [5, 5.41) is 9.19. The third-order valence-electron chi connectivity index (χ3n) is 2.53. The normalized spacial score (nSPS) is 11.8. The highest BCUT2D eigenvalue weighted by Crippen LogP contribution is 2.25. The first kappa shape index (κ1) is 15.9. The van der Waals surface area contributed by atoms with Crippen molar-refractivity contribution in [3.05, 3.63) is 49.6 Å². The van der Waals surface area contributed by atoms with Gasteiger partial charge in [0.25, 0.3) is 0 Å². The van der Waals surface area contributed by atoms with Crippen LogP contribution in [0.2, 0.25) is 5.02 Å². The number of halogens is 2. The lowest BCUT2D eigenvalue weighted by atomic mass is 10.2. The predicted octanol–water partition coefficient (Wildman–Crippen LogP) is 3.13. The molecule has 1 heterocycles. The van der Waals surface area contributed by atoms with E-state index in [4.69, 9.17) is 16.7 Å². The van der Waals surface area contributed by atoms with Crippen LogP contribution in [0.4, 0.5) is 0 Å². The largest absolute Gasteiger partial charge is 0.392 e. The van der Waals surface area contributed by atoms with Crippen LogP contribution in [0.1, 0.15) is 10.4 Å². The fourth-order valence-corrected chi connectivity index (χ4v) is 4.61. The molecule has 4 nitrogen and oxygen atoms in total. The Morgan fingerprint density at radius 2 is 2.05 bits per heavy atom. The van der Waals surface area contributed by atoms with Crippen molar-refractivity contribution in [3.63, 3.8) is 0 Å².